The fraction of sp³-hybridized carbons (Fsp3) is 0.188. The van der Waals surface area contributed by atoms with Crippen molar-refractivity contribution in [3.63, 3.8) is 0 Å². The fourth-order valence-corrected chi connectivity index (χ4v) is 1.93. The predicted molar refractivity (Wildman–Crippen MR) is 76.6 cm³/mol. The molecule has 110 valence electrons. The summed E-state index contributed by atoms with van der Waals surface area (Å²) in [6, 6.07) is 11.8. The van der Waals surface area contributed by atoms with Crippen molar-refractivity contribution in [2.75, 3.05) is 13.2 Å². The number of nitriles is 1. The van der Waals surface area contributed by atoms with Crippen LogP contribution in [0.1, 0.15) is 16.1 Å². The van der Waals surface area contributed by atoms with Crippen LogP contribution in [0, 0.1) is 11.3 Å². The van der Waals surface area contributed by atoms with Crippen molar-refractivity contribution in [1.29, 1.82) is 5.26 Å². The number of carboxylic acid groups (broad SMARTS) is 1. The molecule has 3 rings (SSSR count). The summed E-state index contributed by atoms with van der Waals surface area (Å²) < 4.78 is 10.6. The van der Waals surface area contributed by atoms with Gasteiger partial charge in [-0.25, -0.2) is 9.78 Å². The van der Waals surface area contributed by atoms with Gasteiger partial charge in [0.15, 0.2) is 11.4 Å². The Kier molecular flexibility index (Phi) is 3.73. The van der Waals surface area contributed by atoms with Crippen molar-refractivity contribution in [2.45, 2.75) is 6.10 Å². The average Bonchev–Trinajstić information content (AvgIpc) is 3.37. The van der Waals surface area contributed by atoms with E-state index in [1.165, 1.54) is 12.1 Å². The Balaban J connectivity index is 1.84. The van der Waals surface area contributed by atoms with Crippen molar-refractivity contribution >= 4 is 5.97 Å². The third-order valence-corrected chi connectivity index (χ3v) is 3.22. The van der Waals surface area contributed by atoms with E-state index in [9.17, 15) is 10.1 Å². The number of aromatic carboxylic acids is 1. The van der Waals surface area contributed by atoms with Gasteiger partial charge < -0.3 is 14.6 Å². The number of pyridine rings is 1. The molecule has 1 unspecified atom stereocenters. The Hall–Kier alpha value is -2.91. The molecule has 1 aliphatic rings. The molecule has 6 heteroatoms. The molecule has 0 radical (unpaired) electrons. The normalized spacial score (nSPS) is 15.9. The number of hydrogen-bond donors (Lipinski definition) is 1. The summed E-state index contributed by atoms with van der Waals surface area (Å²) in [5.74, 6) is -0.563. The van der Waals surface area contributed by atoms with E-state index >= 15 is 0 Å². The van der Waals surface area contributed by atoms with Gasteiger partial charge in [0.1, 0.15) is 18.8 Å². The lowest BCUT2D eigenvalue weighted by Crippen LogP contribution is -2.06. The van der Waals surface area contributed by atoms with Gasteiger partial charge in [-0.15, -0.1) is 0 Å². The molecular weight excluding hydrogens is 284 g/mol. The highest BCUT2D eigenvalue weighted by Crippen LogP contribution is 2.24. The highest BCUT2D eigenvalue weighted by Gasteiger charge is 2.23. The van der Waals surface area contributed by atoms with Crippen LogP contribution in [0.2, 0.25) is 0 Å². The largest absolute Gasteiger partial charge is 0.488 e. The molecule has 1 atom stereocenters. The summed E-state index contributed by atoms with van der Waals surface area (Å²) in [4.78, 5) is 15.1. The number of hydrogen-bond acceptors (Lipinski definition) is 5. The van der Waals surface area contributed by atoms with Crippen LogP contribution < -0.4 is 4.74 Å². The van der Waals surface area contributed by atoms with Crippen LogP contribution in [0.4, 0.5) is 0 Å². The average molecular weight is 296 g/mol. The third-order valence-electron chi connectivity index (χ3n) is 3.22. The van der Waals surface area contributed by atoms with Gasteiger partial charge >= 0.3 is 5.97 Å². The lowest BCUT2D eigenvalue weighted by atomic mass is 10.1. The second kappa shape index (κ2) is 5.84. The van der Waals surface area contributed by atoms with E-state index in [2.05, 4.69) is 4.98 Å². The van der Waals surface area contributed by atoms with Crippen molar-refractivity contribution < 1.29 is 19.4 Å². The summed E-state index contributed by atoms with van der Waals surface area (Å²) in [6.07, 6.45) is 0.106. The van der Waals surface area contributed by atoms with Crippen molar-refractivity contribution in [1.82, 2.24) is 4.98 Å². The first-order valence-corrected chi connectivity index (χ1v) is 6.66. The van der Waals surface area contributed by atoms with E-state index < -0.39 is 5.97 Å². The maximum Gasteiger partial charge on any atom is 0.335 e. The number of carboxylic acids is 1. The molecule has 0 bridgehead atoms. The number of nitrogens with zero attached hydrogens (tertiary/aromatic N) is 2. The van der Waals surface area contributed by atoms with E-state index in [1.807, 2.05) is 6.07 Å². The lowest BCUT2D eigenvalue weighted by molar-refractivity contribution is 0.0697. The van der Waals surface area contributed by atoms with E-state index in [4.69, 9.17) is 14.6 Å². The summed E-state index contributed by atoms with van der Waals surface area (Å²) in [5.41, 5.74) is 1.72. The van der Waals surface area contributed by atoms with Crippen LogP contribution in [0.15, 0.2) is 36.4 Å². The zero-order valence-corrected chi connectivity index (χ0v) is 11.5. The number of carbonyl (C=O) groups is 1. The highest BCUT2D eigenvalue weighted by atomic mass is 16.6. The Morgan fingerprint density at radius 3 is 2.68 bits per heavy atom. The summed E-state index contributed by atoms with van der Waals surface area (Å²) in [6.45, 7) is 1.09. The quantitative estimate of drug-likeness (QED) is 0.849. The number of aromatic nitrogens is 1. The van der Waals surface area contributed by atoms with Crippen LogP contribution in [0.3, 0.4) is 0 Å². The van der Waals surface area contributed by atoms with Gasteiger partial charge in [0.2, 0.25) is 0 Å². The zero-order chi connectivity index (χ0) is 15.5. The van der Waals surface area contributed by atoms with E-state index in [-0.39, 0.29) is 17.4 Å². The van der Waals surface area contributed by atoms with E-state index in [1.54, 1.807) is 24.3 Å². The molecule has 0 aliphatic carbocycles. The number of epoxide rings is 1. The second-order valence-corrected chi connectivity index (χ2v) is 4.80. The first kappa shape index (κ1) is 14.0. The smallest absolute Gasteiger partial charge is 0.335 e. The monoisotopic (exact) mass is 296 g/mol. The Bertz CT molecular complexity index is 746. The zero-order valence-electron chi connectivity index (χ0n) is 11.5. The number of rotatable bonds is 5. The molecule has 1 aromatic carbocycles. The van der Waals surface area contributed by atoms with Crippen molar-refractivity contribution in [2.24, 2.45) is 0 Å². The first-order valence-electron chi connectivity index (χ1n) is 6.66. The van der Waals surface area contributed by atoms with Gasteiger partial charge in [-0.1, -0.05) is 12.1 Å². The molecule has 6 nitrogen and oxygen atoms in total. The molecular formula is C16H12N2O4. The minimum Gasteiger partial charge on any atom is -0.488 e. The maximum atomic E-state index is 10.8. The summed E-state index contributed by atoms with van der Waals surface area (Å²) >= 11 is 0. The molecule has 1 N–H and O–H groups in total. The van der Waals surface area contributed by atoms with Gasteiger partial charge in [0.05, 0.1) is 17.9 Å². The lowest BCUT2D eigenvalue weighted by Gasteiger charge is -2.08. The van der Waals surface area contributed by atoms with Gasteiger partial charge in [0.25, 0.3) is 0 Å². The van der Waals surface area contributed by atoms with Crippen LogP contribution in [0.25, 0.3) is 11.3 Å². The minimum atomic E-state index is -0.983. The topological polar surface area (TPSA) is 95.7 Å². The van der Waals surface area contributed by atoms with Gasteiger partial charge in [0, 0.05) is 5.56 Å². The summed E-state index contributed by atoms with van der Waals surface area (Å²) in [5, 5.41) is 18.1. The molecule has 2 aromatic rings. The Morgan fingerprint density at radius 2 is 2.09 bits per heavy atom. The number of ether oxygens (including phenoxy) is 2. The standard InChI is InChI=1S/C16H12N2O4/c17-7-14-15(22-9-12-8-21-12)6-5-13(18-14)10-1-3-11(4-2-10)16(19)20/h1-6,12H,8-9H2,(H,19,20). The van der Waals surface area contributed by atoms with E-state index in [0.717, 1.165) is 5.56 Å². The maximum absolute atomic E-state index is 10.8. The molecule has 0 saturated carbocycles. The molecule has 1 aliphatic heterocycles. The van der Waals surface area contributed by atoms with Crippen molar-refractivity contribution in [3.05, 3.63) is 47.7 Å². The predicted octanol–water partition coefficient (Wildman–Crippen LogP) is 2.10. The third kappa shape index (κ3) is 3.05. The van der Waals surface area contributed by atoms with Crippen LogP contribution in [-0.2, 0) is 4.74 Å². The SMILES string of the molecule is N#Cc1nc(-c2ccc(C(=O)O)cc2)ccc1OCC1CO1. The van der Waals surface area contributed by atoms with Crippen molar-refractivity contribution in [3.8, 4) is 23.1 Å². The number of benzene rings is 1. The fourth-order valence-electron chi connectivity index (χ4n) is 1.93. The Morgan fingerprint density at radius 1 is 1.36 bits per heavy atom. The van der Waals surface area contributed by atoms with Gasteiger partial charge in [-0.3, -0.25) is 0 Å². The molecule has 1 aromatic heterocycles. The highest BCUT2D eigenvalue weighted by molar-refractivity contribution is 5.88. The van der Waals surface area contributed by atoms with E-state index in [0.29, 0.717) is 24.7 Å². The second-order valence-electron chi connectivity index (χ2n) is 4.80. The molecule has 0 spiro atoms. The molecule has 1 saturated heterocycles. The molecule has 0 amide bonds. The molecule has 22 heavy (non-hydrogen) atoms. The van der Waals surface area contributed by atoms with Gasteiger partial charge in [-0.2, -0.15) is 5.26 Å². The summed E-state index contributed by atoms with van der Waals surface area (Å²) in [7, 11) is 0. The molecule has 1 fully saturated rings. The first-order chi connectivity index (χ1) is 10.7. The van der Waals surface area contributed by atoms with Gasteiger partial charge in [-0.05, 0) is 24.3 Å². The van der Waals surface area contributed by atoms with Crippen LogP contribution >= 0.6 is 0 Å². The molecule has 2 heterocycles. The minimum absolute atomic E-state index is 0.106. The van der Waals surface area contributed by atoms with Crippen LogP contribution in [0.5, 0.6) is 5.75 Å². The van der Waals surface area contributed by atoms with Crippen LogP contribution in [-0.4, -0.2) is 35.4 Å². The Labute approximate surface area is 126 Å².